The molecule has 2 N–H and O–H groups in total. The molecule has 3 rings (SSSR count). The summed E-state index contributed by atoms with van der Waals surface area (Å²) in [5.41, 5.74) is 1.02. The van der Waals surface area contributed by atoms with Gasteiger partial charge in [0, 0.05) is 23.3 Å². The number of rotatable bonds is 7. The van der Waals surface area contributed by atoms with Gasteiger partial charge in [0.2, 0.25) is 0 Å². The summed E-state index contributed by atoms with van der Waals surface area (Å²) in [4.78, 5) is 10.4. The second-order valence-electron chi connectivity index (χ2n) is 5.58. The summed E-state index contributed by atoms with van der Waals surface area (Å²) in [6.45, 7) is 6.06. The van der Waals surface area contributed by atoms with E-state index in [0.717, 1.165) is 35.4 Å². The standard InChI is InChI=1S/C18H23N7S.HI/c1-3-15-10-20-17(26-15)12-22-18(19-4-2)21-11-16-24-23-13-25(16)14-8-6-5-7-9-14;/h5-10,13H,3-4,11-12H2,1-2H3,(H2,19,21,22);1H. The Morgan fingerprint density at radius 1 is 1.19 bits per heavy atom. The van der Waals surface area contributed by atoms with Crippen molar-refractivity contribution in [3.63, 3.8) is 0 Å². The van der Waals surface area contributed by atoms with Gasteiger partial charge in [-0.1, -0.05) is 25.1 Å². The lowest BCUT2D eigenvalue weighted by atomic mass is 10.3. The van der Waals surface area contributed by atoms with Gasteiger partial charge in [-0.2, -0.15) is 0 Å². The van der Waals surface area contributed by atoms with Crippen LogP contribution in [0.2, 0.25) is 0 Å². The molecule has 2 aromatic heterocycles. The lowest BCUT2D eigenvalue weighted by molar-refractivity contribution is 0.791. The fourth-order valence-corrected chi connectivity index (χ4v) is 3.22. The van der Waals surface area contributed by atoms with Crippen LogP contribution in [-0.2, 0) is 19.5 Å². The maximum Gasteiger partial charge on any atom is 0.192 e. The summed E-state index contributed by atoms with van der Waals surface area (Å²) < 4.78 is 1.95. The molecule has 27 heavy (non-hydrogen) atoms. The maximum absolute atomic E-state index is 4.63. The molecule has 0 aliphatic heterocycles. The first-order valence-corrected chi connectivity index (χ1v) is 9.51. The number of hydrogen-bond acceptors (Lipinski definition) is 5. The summed E-state index contributed by atoms with van der Waals surface area (Å²) in [7, 11) is 0. The predicted octanol–water partition coefficient (Wildman–Crippen LogP) is 3.16. The number of thiazole rings is 1. The molecule has 7 nitrogen and oxygen atoms in total. The minimum Gasteiger partial charge on any atom is -0.357 e. The zero-order chi connectivity index (χ0) is 18.2. The number of nitrogens with zero attached hydrogens (tertiary/aromatic N) is 5. The Morgan fingerprint density at radius 2 is 2.00 bits per heavy atom. The monoisotopic (exact) mass is 497 g/mol. The van der Waals surface area contributed by atoms with Crippen molar-refractivity contribution in [2.24, 2.45) is 4.99 Å². The van der Waals surface area contributed by atoms with Crippen LogP contribution >= 0.6 is 35.3 Å². The third-order valence-corrected chi connectivity index (χ3v) is 4.87. The third kappa shape index (κ3) is 5.99. The van der Waals surface area contributed by atoms with Gasteiger partial charge in [0.05, 0.1) is 6.54 Å². The van der Waals surface area contributed by atoms with E-state index in [2.05, 4.69) is 37.7 Å². The summed E-state index contributed by atoms with van der Waals surface area (Å²) in [6, 6.07) is 10.0. The molecular weight excluding hydrogens is 473 g/mol. The van der Waals surface area contributed by atoms with Gasteiger partial charge in [0.25, 0.3) is 0 Å². The van der Waals surface area contributed by atoms with Crippen LogP contribution < -0.4 is 10.6 Å². The minimum absolute atomic E-state index is 0. The number of nitrogens with one attached hydrogen (secondary N) is 2. The van der Waals surface area contributed by atoms with Crippen molar-refractivity contribution in [2.45, 2.75) is 33.4 Å². The Labute approximate surface area is 180 Å². The largest absolute Gasteiger partial charge is 0.357 e. The highest BCUT2D eigenvalue weighted by atomic mass is 127. The van der Waals surface area contributed by atoms with Crippen molar-refractivity contribution < 1.29 is 0 Å². The summed E-state index contributed by atoms with van der Waals surface area (Å²) in [5.74, 6) is 1.53. The summed E-state index contributed by atoms with van der Waals surface area (Å²) >= 11 is 1.73. The number of aryl methyl sites for hydroxylation is 1. The number of guanidine groups is 1. The Kier molecular flexibility index (Phi) is 8.65. The molecular formula is C18H24IN7S. The van der Waals surface area contributed by atoms with E-state index in [9.17, 15) is 0 Å². The molecule has 1 aromatic carbocycles. The van der Waals surface area contributed by atoms with Crippen LogP contribution in [0.5, 0.6) is 0 Å². The minimum atomic E-state index is 0. The highest BCUT2D eigenvalue weighted by molar-refractivity contribution is 14.0. The number of hydrogen-bond donors (Lipinski definition) is 2. The molecule has 0 radical (unpaired) electrons. The zero-order valence-corrected chi connectivity index (χ0v) is 18.6. The molecule has 144 valence electrons. The van der Waals surface area contributed by atoms with E-state index in [0.29, 0.717) is 13.1 Å². The first kappa shape index (κ1) is 21.3. The molecule has 0 atom stereocenters. The van der Waals surface area contributed by atoms with Crippen molar-refractivity contribution in [3.8, 4) is 5.69 Å². The summed E-state index contributed by atoms with van der Waals surface area (Å²) in [5, 5.41) is 15.9. The fraction of sp³-hybridized carbons (Fsp3) is 0.333. The van der Waals surface area contributed by atoms with Crippen LogP contribution in [0.3, 0.4) is 0 Å². The molecule has 0 saturated heterocycles. The number of halogens is 1. The van der Waals surface area contributed by atoms with Gasteiger partial charge in [0.1, 0.15) is 17.9 Å². The van der Waals surface area contributed by atoms with Gasteiger partial charge in [0.15, 0.2) is 11.8 Å². The van der Waals surface area contributed by atoms with Crippen LogP contribution in [-0.4, -0.2) is 32.3 Å². The van der Waals surface area contributed by atoms with Gasteiger partial charge < -0.3 is 10.6 Å². The quantitative estimate of drug-likeness (QED) is 0.298. The Balaban J connectivity index is 0.00000261. The smallest absolute Gasteiger partial charge is 0.192 e. The number of aliphatic imine (C=N–C) groups is 1. The Bertz CT molecular complexity index is 844. The lowest BCUT2D eigenvalue weighted by Crippen LogP contribution is -2.36. The second-order valence-corrected chi connectivity index (χ2v) is 6.78. The zero-order valence-electron chi connectivity index (χ0n) is 15.4. The molecule has 3 aromatic rings. The molecule has 0 amide bonds. The van der Waals surface area contributed by atoms with E-state index in [-0.39, 0.29) is 24.0 Å². The Morgan fingerprint density at radius 3 is 2.70 bits per heavy atom. The molecule has 2 heterocycles. The second kappa shape index (κ2) is 11.0. The average molecular weight is 497 g/mol. The van der Waals surface area contributed by atoms with Gasteiger partial charge in [-0.3, -0.25) is 4.57 Å². The van der Waals surface area contributed by atoms with E-state index in [1.807, 2.05) is 48.0 Å². The fourth-order valence-electron chi connectivity index (χ4n) is 2.42. The Hall–Kier alpha value is -2.01. The predicted molar refractivity (Wildman–Crippen MR) is 120 cm³/mol. The highest BCUT2D eigenvalue weighted by Gasteiger charge is 2.07. The highest BCUT2D eigenvalue weighted by Crippen LogP contribution is 2.13. The molecule has 9 heteroatoms. The lowest BCUT2D eigenvalue weighted by Gasteiger charge is -2.10. The van der Waals surface area contributed by atoms with Crippen molar-refractivity contribution >= 4 is 41.3 Å². The van der Waals surface area contributed by atoms with Gasteiger partial charge >= 0.3 is 0 Å². The molecule has 0 aliphatic carbocycles. The molecule has 0 aliphatic rings. The third-order valence-electron chi connectivity index (χ3n) is 3.73. The first-order chi connectivity index (χ1) is 12.8. The van der Waals surface area contributed by atoms with E-state index in [1.54, 1.807) is 17.7 Å². The van der Waals surface area contributed by atoms with Crippen LogP contribution in [0.1, 0.15) is 29.6 Å². The summed E-state index contributed by atoms with van der Waals surface area (Å²) in [6.07, 6.45) is 4.66. The van der Waals surface area contributed by atoms with Gasteiger partial charge in [-0.05, 0) is 25.5 Å². The normalized spacial score (nSPS) is 11.1. The van der Waals surface area contributed by atoms with E-state index >= 15 is 0 Å². The van der Waals surface area contributed by atoms with Gasteiger partial charge in [-0.25, -0.2) is 9.98 Å². The van der Waals surface area contributed by atoms with Crippen molar-refractivity contribution in [2.75, 3.05) is 6.54 Å². The van der Waals surface area contributed by atoms with Crippen LogP contribution in [0.15, 0.2) is 47.8 Å². The molecule has 0 unspecified atom stereocenters. The topological polar surface area (TPSA) is 80.0 Å². The molecule has 0 saturated carbocycles. The average Bonchev–Trinajstić information content (AvgIpc) is 3.34. The van der Waals surface area contributed by atoms with E-state index in [1.165, 1.54) is 4.88 Å². The SMILES string of the molecule is CCNC(=NCc1nncn1-c1ccccc1)NCc1ncc(CC)s1.I. The number of aromatic nitrogens is 4. The molecule has 0 bridgehead atoms. The molecule has 0 fully saturated rings. The van der Waals surface area contributed by atoms with Crippen molar-refractivity contribution in [3.05, 3.63) is 58.6 Å². The van der Waals surface area contributed by atoms with E-state index in [4.69, 9.17) is 0 Å². The van der Waals surface area contributed by atoms with E-state index < -0.39 is 0 Å². The maximum atomic E-state index is 4.63. The molecule has 0 spiro atoms. The van der Waals surface area contributed by atoms with Crippen molar-refractivity contribution in [1.82, 2.24) is 30.4 Å². The van der Waals surface area contributed by atoms with Crippen molar-refractivity contribution in [1.29, 1.82) is 0 Å². The number of benzene rings is 1. The first-order valence-electron chi connectivity index (χ1n) is 8.70. The van der Waals surface area contributed by atoms with Crippen LogP contribution in [0.25, 0.3) is 5.69 Å². The van der Waals surface area contributed by atoms with Crippen LogP contribution in [0, 0.1) is 0 Å². The van der Waals surface area contributed by atoms with Crippen LogP contribution in [0.4, 0.5) is 0 Å². The van der Waals surface area contributed by atoms with Gasteiger partial charge in [-0.15, -0.1) is 45.5 Å². The number of para-hydroxylation sites is 1.